The molecule has 5 nitrogen and oxygen atoms in total. The Kier molecular flexibility index (Phi) is 4.83. The summed E-state index contributed by atoms with van der Waals surface area (Å²) in [5.41, 5.74) is 2.00. The van der Waals surface area contributed by atoms with Crippen molar-refractivity contribution in [1.82, 2.24) is 5.32 Å². The van der Waals surface area contributed by atoms with Crippen LogP contribution in [0, 0.1) is 12.8 Å². The summed E-state index contributed by atoms with van der Waals surface area (Å²) in [5.74, 6) is -1.10. The van der Waals surface area contributed by atoms with Gasteiger partial charge in [-0.3, -0.25) is 9.69 Å². The Hall–Kier alpha value is -2.04. The number of anilines is 1. The van der Waals surface area contributed by atoms with E-state index < -0.39 is 5.97 Å². The number of rotatable bonds is 4. The monoisotopic (exact) mass is 290 g/mol. The van der Waals surface area contributed by atoms with Crippen molar-refractivity contribution in [1.29, 1.82) is 0 Å². The molecule has 2 unspecified atom stereocenters. The smallest absolute Gasteiger partial charge is 0.322 e. The SMILES string of the molecule is CCN(C(=O)NC1CCC(C(=O)O)C1)c1ccc(C)cc1. The highest BCUT2D eigenvalue weighted by atomic mass is 16.4. The predicted octanol–water partition coefficient (Wildman–Crippen LogP) is 2.78. The van der Waals surface area contributed by atoms with Gasteiger partial charge in [0.1, 0.15) is 0 Å². The number of aryl methyl sites for hydroxylation is 1. The van der Waals surface area contributed by atoms with Crippen molar-refractivity contribution in [3.63, 3.8) is 0 Å². The molecule has 1 aromatic carbocycles. The molecule has 1 aliphatic carbocycles. The van der Waals surface area contributed by atoms with Crippen LogP contribution in [0.2, 0.25) is 0 Å². The molecular weight excluding hydrogens is 268 g/mol. The van der Waals surface area contributed by atoms with Gasteiger partial charge in [-0.15, -0.1) is 0 Å². The van der Waals surface area contributed by atoms with Crippen LogP contribution in [0.15, 0.2) is 24.3 Å². The van der Waals surface area contributed by atoms with E-state index in [1.165, 1.54) is 0 Å². The third-order valence-corrected chi connectivity index (χ3v) is 4.02. The van der Waals surface area contributed by atoms with Crippen LogP contribution in [0.5, 0.6) is 0 Å². The van der Waals surface area contributed by atoms with Crippen LogP contribution in [0.4, 0.5) is 10.5 Å². The topological polar surface area (TPSA) is 69.6 Å². The summed E-state index contributed by atoms with van der Waals surface area (Å²) >= 11 is 0. The van der Waals surface area contributed by atoms with E-state index in [0.717, 1.165) is 17.7 Å². The minimum Gasteiger partial charge on any atom is -0.481 e. The van der Waals surface area contributed by atoms with Crippen LogP contribution in [-0.4, -0.2) is 29.7 Å². The third kappa shape index (κ3) is 3.74. The van der Waals surface area contributed by atoms with Gasteiger partial charge in [0, 0.05) is 18.3 Å². The molecule has 0 radical (unpaired) electrons. The van der Waals surface area contributed by atoms with Crippen LogP contribution in [-0.2, 0) is 4.79 Å². The number of hydrogen-bond acceptors (Lipinski definition) is 2. The minimum atomic E-state index is -0.766. The van der Waals surface area contributed by atoms with Gasteiger partial charge in [0.05, 0.1) is 5.92 Å². The molecule has 2 N–H and O–H groups in total. The molecule has 2 rings (SSSR count). The maximum Gasteiger partial charge on any atom is 0.322 e. The number of nitrogens with one attached hydrogen (secondary N) is 1. The molecule has 0 bridgehead atoms. The van der Waals surface area contributed by atoms with Gasteiger partial charge in [0.25, 0.3) is 0 Å². The van der Waals surface area contributed by atoms with E-state index in [0.29, 0.717) is 19.4 Å². The molecule has 0 aromatic heterocycles. The lowest BCUT2D eigenvalue weighted by molar-refractivity contribution is -0.141. The van der Waals surface area contributed by atoms with E-state index >= 15 is 0 Å². The van der Waals surface area contributed by atoms with Gasteiger partial charge in [-0.1, -0.05) is 17.7 Å². The third-order valence-electron chi connectivity index (χ3n) is 4.02. The first-order valence-corrected chi connectivity index (χ1v) is 7.38. The van der Waals surface area contributed by atoms with E-state index in [1.807, 2.05) is 38.1 Å². The average molecular weight is 290 g/mol. The Morgan fingerprint density at radius 3 is 2.48 bits per heavy atom. The summed E-state index contributed by atoms with van der Waals surface area (Å²) < 4.78 is 0. The summed E-state index contributed by atoms with van der Waals surface area (Å²) in [4.78, 5) is 25.0. The zero-order valence-electron chi connectivity index (χ0n) is 12.5. The number of carboxylic acids is 1. The lowest BCUT2D eigenvalue weighted by atomic mass is 10.1. The van der Waals surface area contributed by atoms with Gasteiger partial charge < -0.3 is 10.4 Å². The van der Waals surface area contributed by atoms with Crippen LogP contribution < -0.4 is 10.2 Å². The maximum absolute atomic E-state index is 12.4. The highest BCUT2D eigenvalue weighted by molar-refractivity contribution is 5.92. The Balaban J connectivity index is 1.98. The molecule has 1 saturated carbocycles. The first-order chi connectivity index (χ1) is 10.0. The number of carbonyl (C=O) groups excluding carboxylic acids is 1. The van der Waals surface area contributed by atoms with E-state index in [-0.39, 0.29) is 18.0 Å². The Bertz CT molecular complexity index is 513. The average Bonchev–Trinajstić information content (AvgIpc) is 2.90. The minimum absolute atomic E-state index is 0.0434. The van der Waals surface area contributed by atoms with Crippen molar-refractivity contribution in [2.45, 2.75) is 39.2 Å². The summed E-state index contributed by atoms with van der Waals surface area (Å²) in [6.07, 6.45) is 1.89. The zero-order chi connectivity index (χ0) is 15.4. The van der Waals surface area contributed by atoms with E-state index in [4.69, 9.17) is 5.11 Å². The molecule has 1 fully saturated rings. The standard InChI is InChI=1S/C16H22N2O3/c1-3-18(14-8-4-11(2)5-9-14)16(21)17-13-7-6-12(10-13)15(19)20/h4-5,8-9,12-13H,3,6-7,10H2,1-2H3,(H,17,21)(H,19,20). The van der Waals surface area contributed by atoms with Gasteiger partial charge in [0.2, 0.25) is 0 Å². The van der Waals surface area contributed by atoms with Gasteiger partial charge in [-0.05, 0) is 45.2 Å². The number of amides is 2. The molecule has 2 atom stereocenters. The largest absolute Gasteiger partial charge is 0.481 e. The highest BCUT2D eigenvalue weighted by Gasteiger charge is 2.31. The summed E-state index contributed by atoms with van der Waals surface area (Å²) in [6.45, 7) is 4.50. The van der Waals surface area contributed by atoms with Crippen molar-refractivity contribution in [2.24, 2.45) is 5.92 Å². The van der Waals surface area contributed by atoms with Crippen molar-refractivity contribution < 1.29 is 14.7 Å². The number of carboxylic acid groups (broad SMARTS) is 1. The van der Waals surface area contributed by atoms with Crippen LogP contribution in [0.3, 0.4) is 0 Å². The lowest BCUT2D eigenvalue weighted by Gasteiger charge is -2.24. The van der Waals surface area contributed by atoms with Crippen molar-refractivity contribution in [2.75, 3.05) is 11.4 Å². The first kappa shape index (κ1) is 15.4. The van der Waals surface area contributed by atoms with Crippen molar-refractivity contribution in [3.05, 3.63) is 29.8 Å². The fourth-order valence-corrected chi connectivity index (χ4v) is 2.76. The maximum atomic E-state index is 12.4. The number of aliphatic carboxylic acids is 1. The van der Waals surface area contributed by atoms with Gasteiger partial charge in [-0.2, -0.15) is 0 Å². The molecule has 0 aliphatic heterocycles. The van der Waals surface area contributed by atoms with Gasteiger partial charge >= 0.3 is 12.0 Å². The molecular formula is C16H22N2O3. The second kappa shape index (κ2) is 6.61. The normalized spacial score (nSPS) is 21.0. The fraction of sp³-hybridized carbons (Fsp3) is 0.500. The van der Waals surface area contributed by atoms with E-state index in [2.05, 4.69) is 5.32 Å². The molecule has 0 spiro atoms. The fourth-order valence-electron chi connectivity index (χ4n) is 2.76. The number of hydrogen-bond donors (Lipinski definition) is 2. The summed E-state index contributed by atoms with van der Waals surface area (Å²) in [7, 11) is 0. The lowest BCUT2D eigenvalue weighted by Crippen LogP contribution is -2.44. The molecule has 2 amide bonds. The Labute approximate surface area is 125 Å². The second-order valence-electron chi connectivity index (χ2n) is 5.57. The van der Waals surface area contributed by atoms with Gasteiger partial charge in [-0.25, -0.2) is 4.79 Å². The molecule has 5 heteroatoms. The second-order valence-corrected chi connectivity index (χ2v) is 5.57. The van der Waals surface area contributed by atoms with Crippen LogP contribution in [0.25, 0.3) is 0 Å². The number of urea groups is 1. The number of nitrogens with zero attached hydrogens (tertiary/aromatic N) is 1. The molecule has 0 heterocycles. The molecule has 1 aromatic rings. The summed E-state index contributed by atoms with van der Waals surface area (Å²) in [6, 6.07) is 7.60. The predicted molar refractivity (Wildman–Crippen MR) is 81.5 cm³/mol. The quantitative estimate of drug-likeness (QED) is 0.896. The van der Waals surface area contributed by atoms with E-state index in [9.17, 15) is 9.59 Å². The first-order valence-electron chi connectivity index (χ1n) is 7.38. The van der Waals surface area contributed by atoms with Gasteiger partial charge in [0.15, 0.2) is 0 Å². The highest BCUT2D eigenvalue weighted by Crippen LogP contribution is 2.26. The Morgan fingerprint density at radius 1 is 1.29 bits per heavy atom. The van der Waals surface area contributed by atoms with E-state index in [1.54, 1.807) is 4.90 Å². The van der Waals surface area contributed by atoms with Crippen molar-refractivity contribution >= 4 is 17.7 Å². The zero-order valence-corrected chi connectivity index (χ0v) is 12.5. The molecule has 1 aliphatic rings. The molecule has 114 valence electrons. The molecule has 21 heavy (non-hydrogen) atoms. The number of carbonyl (C=O) groups is 2. The Morgan fingerprint density at radius 2 is 1.95 bits per heavy atom. The number of benzene rings is 1. The van der Waals surface area contributed by atoms with Crippen LogP contribution >= 0.6 is 0 Å². The molecule has 0 saturated heterocycles. The van der Waals surface area contributed by atoms with Crippen LogP contribution in [0.1, 0.15) is 31.7 Å². The summed E-state index contributed by atoms with van der Waals surface area (Å²) in [5, 5.41) is 12.0. The van der Waals surface area contributed by atoms with Crippen molar-refractivity contribution in [3.8, 4) is 0 Å².